The van der Waals surface area contributed by atoms with Gasteiger partial charge < -0.3 is 9.84 Å². The summed E-state index contributed by atoms with van der Waals surface area (Å²) >= 11 is 0. The molecule has 2 atom stereocenters. The summed E-state index contributed by atoms with van der Waals surface area (Å²) in [7, 11) is 1.59. The van der Waals surface area contributed by atoms with E-state index in [1.807, 2.05) is 13.0 Å². The second-order valence-electron chi connectivity index (χ2n) is 4.14. The lowest BCUT2D eigenvalue weighted by atomic mass is 9.90. The number of aromatic nitrogens is 1. The van der Waals surface area contributed by atoms with Crippen LogP contribution in [-0.2, 0) is 0 Å². The molecule has 1 aromatic heterocycles. The molecule has 15 heavy (non-hydrogen) atoms. The van der Waals surface area contributed by atoms with Crippen molar-refractivity contribution in [3.63, 3.8) is 0 Å². The van der Waals surface area contributed by atoms with Crippen molar-refractivity contribution in [2.24, 2.45) is 11.8 Å². The van der Waals surface area contributed by atoms with Gasteiger partial charge in [-0.1, -0.05) is 20.8 Å². The summed E-state index contributed by atoms with van der Waals surface area (Å²) in [6.45, 7) is 6.19. The fourth-order valence-corrected chi connectivity index (χ4v) is 1.41. The van der Waals surface area contributed by atoms with Gasteiger partial charge in [0.2, 0.25) is 0 Å². The van der Waals surface area contributed by atoms with E-state index in [1.165, 1.54) is 0 Å². The normalized spacial score (nSPS) is 15.1. The van der Waals surface area contributed by atoms with E-state index in [0.717, 1.165) is 0 Å². The summed E-state index contributed by atoms with van der Waals surface area (Å²) in [6, 6.07) is 3.62. The van der Waals surface area contributed by atoms with Gasteiger partial charge in [-0.05, 0) is 24.0 Å². The molecule has 1 rings (SSSR count). The molecule has 0 fully saturated rings. The van der Waals surface area contributed by atoms with Gasteiger partial charge >= 0.3 is 0 Å². The van der Waals surface area contributed by atoms with Crippen LogP contribution in [0.3, 0.4) is 0 Å². The fraction of sp³-hybridized carbons (Fsp3) is 0.583. The van der Waals surface area contributed by atoms with E-state index in [2.05, 4.69) is 18.8 Å². The Bertz CT molecular complexity index is 312. The average Bonchev–Trinajstić information content (AvgIpc) is 2.26. The number of aliphatic hydroxyl groups is 1. The molecule has 0 radical (unpaired) electrons. The summed E-state index contributed by atoms with van der Waals surface area (Å²) in [5.74, 6) is 1.22. The first-order valence-corrected chi connectivity index (χ1v) is 5.25. The van der Waals surface area contributed by atoms with Crippen LogP contribution in [0.15, 0.2) is 18.3 Å². The maximum Gasteiger partial charge on any atom is 0.143 e. The predicted octanol–water partition coefficient (Wildman–Crippen LogP) is 2.42. The Morgan fingerprint density at radius 3 is 2.53 bits per heavy atom. The van der Waals surface area contributed by atoms with Gasteiger partial charge in [0.05, 0.1) is 7.11 Å². The van der Waals surface area contributed by atoms with Crippen LogP contribution in [0.4, 0.5) is 0 Å². The number of methoxy groups -OCH3 is 1. The van der Waals surface area contributed by atoms with E-state index >= 15 is 0 Å². The molecule has 0 aliphatic rings. The molecule has 84 valence electrons. The van der Waals surface area contributed by atoms with E-state index in [0.29, 0.717) is 17.4 Å². The third-order valence-electron chi connectivity index (χ3n) is 2.85. The molecular formula is C12H19NO2. The van der Waals surface area contributed by atoms with Crippen LogP contribution >= 0.6 is 0 Å². The summed E-state index contributed by atoms with van der Waals surface area (Å²) in [5, 5.41) is 10.1. The molecule has 0 saturated heterocycles. The average molecular weight is 209 g/mol. The lowest BCUT2D eigenvalue weighted by molar-refractivity contribution is 0.0855. The van der Waals surface area contributed by atoms with E-state index < -0.39 is 6.10 Å². The molecule has 0 spiro atoms. The van der Waals surface area contributed by atoms with Crippen molar-refractivity contribution in [2.45, 2.75) is 26.9 Å². The smallest absolute Gasteiger partial charge is 0.143 e. The topological polar surface area (TPSA) is 42.4 Å². The molecule has 3 nitrogen and oxygen atoms in total. The Balaban J connectivity index is 2.94. The molecule has 0 bridgehead atoms. The number of aliphatic hydroxyl groups excluding tert-OH is 1. The molecule has 0 aromatic carbocycles. The summed E-state index contributed by atoms with van der Waals surface area (Å²) < 4.78 is 5.17. The SMILES string of the molecule is COc1cccnc1C(O)C(C)C(C)C. The van der Waals surface area contributed by atoms with Gasteiger partial charge in [-0.25, -0.2) is 0 Å². The van der Waals surface area contributed by atoms with Gasteiger partial charge in [-0.3, -0.25) is 4.98 Å². The first-order chi connectivity index (χ1) is 7.07. The summed E-state index contributed by atoms with van der Waals surface area (Å²) in [5.41, 5.74) is 0.626. The largest absolute Gasteiger partial charge is 0.495 e. The van der Waals surface area contributed by atoms with Crippen molar-refractivity contribution in [1.29, 1.82) is 0 Å². The van der Waals surface area contributed by atoms with E-state index in [4.69, 9.17) is 4.74 Å². The maximum absolute atomic E-state index is 10.1. The second kappa shape index (κ2) is 5.12. The van der Waals surface area contributed by atoms with Crippen molar-refractivity contribution < 1.29 is 9.84 Å². The van der Waals surface area contributed by atoms with E-state index in [-0.39, 0.29) is 5.92 Å². The number of rotatable bonds is 4. The Labute approximate surface area is 91.1 Å². The number of hydrogen-bond donors (Lipinski definition) is 1. The van der Waals surface area contributed by atoms with E-state index in [9.17, 15) is 5.11 Å². The van der Waals surface area contributed by atoms with Gasteiger partial charge in [0.1, 0.15) is 17.5 Å². The van der Waals surface area contributed by atoms with Crippen molar-refractivity contribution in [2.75, 3.05) is 7.11 Å². The lowest BCUT2D eigenvalue weighted by Crippen LogP contribution is -2.16. The Hall–Kier alpha value is -1.09. The standard InChI is InChI=1S/C12H19NO2/c1-8(2)9(3)12(14)11-10(15-4)6-5-7-13-11/h5-9,12,14H,1-4H3. The molecule has 0 amide bonds. The minimum Gasteiger partial charge on any atom is -0.495 e. The highest BCUT2D eigenvalue weighted by atomic mass is 16.5. The predicted molar refractivity (Wildman–Crippen MR) is 59.8 cm³/mol. The van der Waals surface area contributed by atoms with Crippen molar-refractivity contribution in [3.05, 3.63) is 24.0 Å². The first-order valence-electron chi connectivity index (χ1n) is 5.25. The molecule has 2 unspecified atom stereocenters. The molecule has 1 aromatic rings. The van der Waals surface area contributed by atoms with Crippen molar-refractivity contribution >= 4 is 0 Å². The zero-order chi connectivity index (χ0) is 11.4. The maximum atomic E-state index is 10.1. The Kier molecular flexibility index (Phi) is 4.09. The molecular weight excluding hydrogens is 190 g/mol. The third-order valence-corrected chi connectivity index (χ3v) is 2.85. The van der Waals surface area contributed by atoms with Crippen LogP contribution in [0.25, 0.3) is 0 Å². The van der Waals surface area contributed by atoms with Crippen LogP contribution < -0.4 is 4.74 Å². The van der Waals surface area contributed by atoms with Crippen molar-refractivity contribution in [3.8, 4) is 5.75 Å². The summed E-state index contributed by atoms with van der Waals surface area (Å²) in [6.07, 6.45) is 1.11. The number of hydrogen-bond acceptors (Lipinski definition) is 3. The van der Waals surface area contributed by atoms with Crippen LogP contribution in [0.2, 0.25) is 0 Å². The third kappa shape index (κ3) is 2.69. The monoisotopic (exact) mass is 209 g/mol. The Morgan fingerprint density at radius 1 is 1.33 bits per heavy atom. The number of ether oxygens (including phenoxy) is 1. The van der Waals surface area contributed by atoms with Crippen molar-refractivity contribution in [1.82, 2.24) is 4.98 Å². The minimum absolute atomic E-state index is 0.161. The highest BCUT2D eigenvalue weighted by Crippen LogP contribution is 2.31. The van der Waals surface area contributed by atoms with Crippen LogP contribution in [0, 0.1) is 11.8 Å². The van der Waals surface area contributed by atoms with Crippen LogP contribution in [0.5, 0.6) is 5.75 Å². The lowest BCUT2D eigenvalue weighted by Gasteiger charge is -2.22. The first kappa shape index (κ1) is 12.0. The van der Waals surface area contributed by atoms with Gasteiger partial charge in [0.15, 0.2) is 0 Å². The molecule has 0 saturated carbocycles. The fourth-order valence-electron chi connectivity index (χ4n) is 1.41. The summed E-state index contributed by atoms with van der Waals surface area (Å²) in [4.78, 5) is 4.18. The number of pyridine rings is 1. The molecule has 1 N–H and O–H groups in total. The van der Waals surface area contributed by atoms with E-state index in [1.54, 1.807) is 19.4 Å². The zero-order valence-corrected chi connectivity index (χ0v) is 9.77. The quantitative estimate of drug-likeness (QED) is 0.828. The molecule has 1 heterocycles. The zero-order valence-electron chi connectivity index (χ0n) is 9.77. The second-order valence-corrected chi connectivity index (χ2v) is 4.14. The molecule has 0 aliphatic carbocycles. The van der Waals surface area contributed by atoms with Crippen LogP contribution in [0.1, 0.15) is 32.6 Å². The number of nitrogens with zero attached hydrogens (tertiary/aromatic N) is 1. The van der Waals surface area contributed by atoms with Gasteiger partial charge in [-0.2, -0.15) is 0 Å². The molecule has 3 heteroatoms. The highest BCUT2D eigenvalue weighted by Gasteiger charge is 2.23. The van der Waals surface area contributed by atoms with Gasteiger partial charge in [0.25, 0.3) is 0 Å². The minimum atomic E-state index is -0.568. The van der Waals surface area contributed by atoms with Crippen LogP contribution in [-0.4, -0.2) is 17.2 Å². The van der Waals surface area contributed by atoms with Gasteiger partial charge in [-0.15, -0.1) is 0 Å². The van der Waals surface area contributed by atoms with Gasteiger partial charge in [0, 0.05) is 6.20 Å². The molecule has 0 aliphatic heterocycles. The highest BCUT2D eigenvalue weighted by molar-refractivity contribution is 5.28. The Morgan fingerprint density at radius 2 is 2.00 bits per heavy atom.